The Balaban J connectivity index is 1.95. The summed E-state index contributed by atoms with van der Waals surface area (Å²) in [6.45, 7) is 6.14. The first-order valence-corrected chi connectivity index (χ1v) is 13.8. The van der Waals surface area contributed by atoms with Crippen molar-refractivity contribution in [3.8, 4) is 0 Å². The van der Waals surface area contributed by atoms with Gasteiger partial charge in [0.2, 0.25) is 11.8 Å². The first kappa shape index (κ1) is 28.1. The molecule has 0 radical (unpaired) electrons. The molecule has 190 valence electrons. The quantitative estimate of drug-likeness (QED) is 0.266. The molecule has 2 atom stereocenters. The van der Waals surface area contributed by atoms with Crippen LogP contribution in [0.4, 0.5) is 0 Å². The largest absolute Gasteiger partial charge is 0.352 e. The molecular weight excluding hydrogens is 511 g/mol. The summed E-state index contributed by atoms with van der Waals surface area (Å²) in [7, 11) is 0. The van der Waals surface area contributed by atoms with Crippen molar-refractivity contribution in [1.82, 2.24) is 10.2 Å². The normalized spacial score (nSPS) is 12.6. The standard InChI is InChI=1S/C29H32Cl2N2O2S/c1-4-21(3)32-29(35)27(17-22-9-6-5-7-10-22)33(18-24-25(30)11-8-12-26(24)31)28(34)19-36-23-15-13-20(2)14-16-23/h5-16,21,27H,4,17-19H2,1-3H3,(H,32,35)/t21-,27+/m1/s1. The van der Waals surface area contributed by atoms with Gasteiger partial charge in [-0.15, -0.1) is 11.8 Å². The second kappa shape index (κ2) is 13.7. The van der Waals surface area contributed by atoms with Gasteiger partial charge in [-0.05, 0) is 50.1 Å². The second-order valence-corrected chi connectivity index (χ2v) is 10.7. The fourth-order valence-electron chi connectivity index (χ4n) is 3.71. The maximum Gasteiger partial charge on any atom is 0.243 e. The summed E-state index contributed by atoms with van der Waals surface area (Å²) in [6.07, 6.45) is 1.17. The number of carbonyl (C=O) groups is 2. The van der Waals surface area contributed by atoms with Crippen molar-refractivity contribution in [2.24, 2.45) is 0 Å². The van der Waals surface area contributed by atoms with Gasteiger partial charge in [-0.25, -0.2) is 0 Å². The van der Waals surface area contributed by atoms with Crippen molar-refractivity contribution in [2.45, 2.75) is 57.1 Å². The van der Waals surface area contributed by atoms with E-state index in [9.17, 15) is 9.59 Å². The van der Waals surface area contributed by atoms with Crippen LogP contribution in [-0.4, -0.2) is 34.6 Å². The molecule has 7 heteroatoms. The lowest BCUT2D eigenvalue weighted by Gasteiger charge is -2.32. The first-order valence-electron chi connectivity index (χ1n) is 12.0. The third kappa shape index (κ3) is 8.02. The minimum atomic E-state index is -0.722. The van der Waals surface area contributed by atoms with E-state index in [1.807, 2.05) is 75.4 Å². The molecule has 0 heterocycles. The van der Waals surface area contributed by atoms with E-state index in [0.29, 0.717) is 22.0 Å². The number of aryl methyl sites for hydroxylation is 1. The number of benzene rings is 3. The summed E-state index contributed by atoms with van der Waals surface area (Å²) in [5.41, 5.74) is 2.75. The van der Waals surface area contributed by atoms with E-state index in [2.05, 4.69) is 5.32 Å². The molecule has 3 aromatic rings. The predicted octanol–water partition coefficient (Wildman–Crippen LogP) is 6.95. The first-order chi connectivity index (χ1) is 17.3. The number of hydrogen-bond donors (Lipinski definition) is 1. The van der Waals surface area contributed by atoms with Gasteiger partial charge in [-0.1, -0.05) is 84.2 Å². The Hall–Kier alpha value is -2.47. The number of carbonyl (C=O) groups excluding carboxylic acids is 2. The number of amides is 2. The zero-order valence-corrected chi connectivity index (χ0v) is 23.2. The Morgan fingerprint density at radius 3 is 2.19 bits per heavy atom. The van der Waals surface area contributed by atoms with Crippen LogP contribution in [-0.2, 0) is 22.6 Å². The molecule has 0 fully saturated rings. The van der Waals surface area contributed by atoms with Crippen LogP contribution in [0.25, 0.3) is 0 Å². The highest BCUT2D eigenvalue weighted by Crippen LogP contribution is 2.28. The molecule has 3 aromatic carbocycles. The molecule has 0 aliphatic carbocycles. The van der Waals surface area contributed by atoms with Crippen molar-refractivity contribution in [3.63, 3.8) is 0 Å². The van der Waals surface area contributed by atoms with Gasteiger partial charge < -0.3 is 10.2 Å². The Bertz CT molecular complexity index is 1140. The molecule has 1 N–H and O–H groups in total. The fraction of sp³-hybridized carbons (Fsp3) is 0.310. The van der Waals surface area contributed by atoms with Crippen LogP contribution in [0.2, 0.25) is 10.0 Å². The van der Waals surface area contributed by atoms with Gasteiger partial charge in [0.25, 0.3) is 0 Å². The minimum absolute atomic E-state index is 0.0152. The lowest BCUT2D eigenvalue weighted by Crippen LogP contribution is -2.52. The average molecular weight is 544 g/mol. The summed E-state index contributed by atoms with van der Waals surface area (Å²) >= 11 is 14.4. The molecule has 0 aliphatic heterocycles. The Kier molecular flexibility index (Phi) is 10.7. The van der Waals surface area contributed by atoms with Crippen molar-refractivity contribution >= 4 is 46.8 Å². The van der Waals surface area contributed by atoms with E-state index >= 15 is 0 Å². The van der Waals surface area contributed by atoms with Gasteiger partial charge in [0.05, 0.1) is 5.75 Å². The average Bonchev–Trinajstić information content (AvgIpc) is 2.87. The van der Waals surface area contributed by atoms with E-state index < -0.39 is 6.04 Å². The van der Waals surface area contributed by atoms with Crippen LogP contribution in [0.3, 0.4) is 0 Å². The number of hydrogen-bond acceptors (Lipinski definition) is 3. The number of halogens is 2. The van der Waals surface area contributed by atoms with Crippen LogP contribution in [0.15, 0.2) is 77.7 Å². The summed E-state index contributed by atoms with van der Waals surface area (Å²) in [5.74, 6) is -0.158. The van der Waals surface area contributed by atoms with Crippen molar-refractivity contribution in [3.05, 3.63) is 99.5 Å². The summed E-state index contributed by atoms with van der Waals surface area (Å²) in [4.78, 5) is 29.9. The molecule has 0 saturated carbocycles. The summed E-state index contributed by atoms with van der Waals surface area (Å²) in [5, 5.41) is 4.00. The Morgan fingerprint density at radius 1 is 0.944 bits per heavy atom. The van der Waals surface area contributed by atoms with Crippen LogP contribution in [0.1, 0.15) is 37.0 Å². The maximum atomic E-state index is 13.7. The third-order valence-electron chi connectivity index (χ3n) is 6.05. The van der Waals surface area contributed by atoms with E-state index in [0.717, 1.165) is 22.4 Å². The van der Waals surface area contributed by atoms with Crippen LogP contribution in [0.5, 0.6) is 0 Å². The Morgan fingerprint density at radius 2 is 1.58 bits per heavy atom. The topological polar surface area (TPSA) is 49.4 Å². The molecule has 0 spiro atoms. The number of nitrogens with one attached hydrogen (secondary N) is 1. The van der Waals surface area contributed by atoms with E-state index in [1.165, 1.54) is 11.8 Å². The molecule has 0 unspecified atom stereocenters. The zero-order chi connectivity index (χ0) is 26.1. The molecule has 0 aliphatic rings. The molecular formula is C29H32Cl2N2O2S. The van der Waals surface area contributed by atoms with Crippen LogP contribution < -0.4 is 5.32 Å². The van der Waals surface area contributed by atoms with Gasteiger partial charge in [-0.2, -0.15) is 0 Å². The van der Waals surface area contributed by atoms with Crippen LogP contribution >= 0.6 is 35.0 Å². The molecule has 0 bridgehead atoms. The molecule has 0 saturated heterocycles. The Labute approximate surface area is 228 Å². The smallest absolute Gasteiger partial charge is 0.243 e. The number of rotatable bonds is 11. The van der Waals surface area contributed by atoms with Crippen molar-refractivity contribution in [2.75, 3.05) is 5.75 Å². The molecule has 36 heavy (non-hydrogen) atoms. The van der Waals surface area contributed by atoms with Gasteiger partial charge in [0.15, 0.2) is 0 Å². The lowest BCUT2D eigenvalue weighted by molar-refractivity contribution is -0.139. The number of nitrogens with zero attached hydrogens (tertiary/aromatic N) is 1. The number of thioether (sulfide) groups is 1. The van der Waals surface area contributed by atoms with Crippen LogP contribution in [0, 0.1) is 6.92 Å². The highest BCUT2D eigenvalue weighted by molar-refractivity contribution is 8.00. The van der Waals surface area contributed by atoms with Crippen molar-refractivity contribution in [1.29, 1.82) is 0 Å². The fourth-order valence-corrected chi connectivity index (χ4v) is 5.01. The molecule has 3 rings (SSSR count). The van der Waals surface area contributed by atoms with Gasteiger partial charge in [0, 0.05) is 39.5 Å². The molecule has 0 aromatic heterocycles. The van der Waals surface area contributed by atoms with Gasteiger partial charge >= 0.3 is 0 Å². The minimum Gasteiger partial charge on any atom is -0.352 e. The van der Waals surface area contributed by atoms with E-state index in [4.69, 9.17) is 23.2 Å². The monoisotopic (exact) mass is 542 g/mol. The highest BCUT2D eigenvalue weighted by atomic mass is 35.5. The molecule has 2 amide bonds. The van der Waals surface area contributed by atoms with Gasteiger partial charge in [0.1, 0.15) is 6.04 Å². The summed E-state index contributed by atoms with van der Waals surface area (Å²) < 4.78 is 0. The van der Waals surface area contributed by atoms with Crippen molar-refractivity contribution < 1.29 is 9.59 Å². The predicted molar refractivity (Wildman–Crippen MR) is 151 cm³/mol. The van der Waals surface area contributed by atoms with E-state index in [1.54, 1.807) is 23.1 Å². The zero-order valence-electron chi connectivity index (χ0n) is 20.8. The van der Waals surface area contributed by atoms with E-state index in [-0.39, 0.29) is 30.2 Å². The second-order valence-electron chi connectivity index (χ2n) is 8.85. The molecule has 4 nitrogen and oxygen atoms in total. The summed E-state index contributed by atoms with van der Waals surface area (Å²) in [6, 6.07) is 22.3. The lowest BCUT2D eigenvalue weighted by atomic mass is 10.0. The maximum absolute atomic E-state index is 13.7. The highest BCUT2D eigenvalue weighted by Gasteiger charge is 2.31. The third-order valence-corrected chi connectivity index (χ3v) is 7.75. The SMILES string of the molecule is CC[C@@H](C)NC(=O)[C@H](Cc1ccccc1)N(Cc1c(Cl)cccc1Cl)C(=O)CSc1ccc(C)cc1. The van der Waals surface area contributed by atoms with Gasteiger partial charge in [-0.3, -0.25) is 9.59 Å².